The van der Waals surface area contributed by atoms with E-state index < -0.39 is 6.10 Å². The number of rotatable bonds is 6. The van der Waals surface area contributed by atoms with Crippen molar-refractivity contribution < 1.29 is 19.4 Å². The molecular weight excluding hydrogens is 244 g/mol. The van der Waals surface area contributed by atoms with E-state index in [4.69, 9.17) is 9.47 Å². The predicted octanol–water partition coefficient (Wildman–Crippen LogP) is 2.27. The fourth-order valence-electron chi connectivity index (χ4n) is 1.46. The molecule has 0 heterocycles. The van der Waals surface area contributed by atoms with Crippen LogP contribution in [0.2, 0.25) is 0 Å². The van der Waals surface area contributed by atoms with Gasteiger partial charge >= 0.3 is 5.97 Å². The zero-order chi connectivity index (χ0) is 14.3. The molecule has 1 aromatic rings. The van der Waals surface area contributed by atoms with Crippen molar-refractivity contribution in [3.8, 4) is 5.75 Å². The van der Waals surface area contributed by atoms with Gasteiger partial charge in [0.25, 0.3) is 0 Å². The van der Waals surface area contributed by atoms with Crippen molar-refractivity contribution in [2.45, 2.75) is 20.0 Å². The number of esters is 1. The Morgan fingerprint density at radius 1 is 1.37 bits per heavy atom. The van der Waals surface area contributed by atoms with Crippen LogP contribution >= 0.6 is 0 Å². The maximum atomic E-state index is 10.7. The molecule has 0 saturated carbocycles. The van der Waals surface area contributed by atoms with E-state index in [9.17, 15) is 9.90 Å². The second kappa shape index (κ2) is 7.59. The number of aliphatic hydroxyl groups is 1. The van der Waals surface area contributed by atoms with Crippen molar-refractivity contribution in [2.24, 2.45) is 5.92 Å². The van der Waals surface area contributed by atoms with Crippen LogP contribution in [-0.4, -0.2) is 30.9 Å². The fourth-order valence-corrected chi connectivity index (χ4v) is 1.46. The van der Waals surface area contributed by atoms with Gasteiger partial charge in [0.2, 0.25) is 0 Å². The van der Waals surface area contributed by atoms with Gasteiger partial charge < -0.3 is 14.6 Å². The summed E-state index contributed by atoms with van der Waals surface area (Å²) in [5.41, 5.74) is 0.972. The van der Waals surface area contributed by atoms with E-state index >= 15 is 0 Å². The van der Waals surface area contributed by atoms with Gasteiger partial charge in [-0.2, -0.15) is 0 Å². The molecule has 4 nitrogen and oxygen atoms in total. The van der Waals surface area contributed by atoms with E-state index in [2.05, 4.69) is 0 Å². The van der Waals surface area contributed by atoms with Crippen LogP contribution in [0.25, 0.3) is 6.08 Å². The summed E-state index contributed by atoms with van der Waals surface area (Å²) in [6, 6.07) is 7.51. The highest BCUT2D eigenvalue weighted by Gasteiger charge is 2.12. The molecule has 0 aromatic heterocycles. The molecule has 1 rings (SSSR count). The number of carbonyl (C=O) groups excluding carboxylic acids is 1. The quantitative estimate of drug-likeness (QED) is 0.801. The van der Waals surface area contributed by atoms with E-state index in [1.165, 1.54) is 6.92 Å². The molecule has 0 aliphatic carbocycles. The molecule has 2 atom stereocenters. The van der Waals surface area contributed by atoms with E-state index in [0.717, 1.165) is 11.3 Å². The summed E-state index contributed by atoms with van der Waals surface area (Å²) in [4.78, 5) is 10.7. The Kier molecular flexibility index (Phi) is 6.09. The van der Waals surface area contributed by atoms with Crippen molar-refractivity contribution in [3.05, 3.63) is 35.9 Å². The van der Waals surface area contributed by atoms with Crippen LogP contribution < -0.4 is 4.74 Å². The van der Waals surface area contributed by atoms with Crippen LogP contribution in [0.1, 0.15) is 19.4 Å². The molecule has 0 aliphatic rings. The van der Waals surface area contributed by atoms with Crippen molar-refractivity contribution in [1.82, 2.24) is 0 Å². The molecular formula is C15H20O4. The lowest BCUT2D eigenvalue weighted by molar-refractivity contribution is -0.142. The molecule has 0 fully saturated rings. The predicted molar refractivity (Wildman–Crippen MR) is 73.8 cm³/mol. The molecule has 0 amide bonds. The molecule has 0 spiro atoms. The summed E-state index contributed by atoms with van der Waals surface area (Å²) in [6.07, 6.45) is 2.87. The Hall–Kier alpha value is -1.81. The number of benzene rings is 1. The summed E-state index contributed by atoms with van der Waals surface area (Å²) in [5, 5.41) is 9.89. The van der Waals surface area contributed by atoms with E-state index in [-0.39, 0.29) is 18.5 Å². The fraction of sp³-hybridized carbons (Fsp3) is 0.400. The lowest BCUT2D eigenvalue weighted by atomic mass is 10.0. The van der Waals surface area contributed by atoms with Gasteiger partial charge in [-0.1, -0.05) is 31.2 Å². The van der Waals surface area contributed by atoms with E-state index in [0.29, 0.717) is 0 Å². The first kappa shape index (κ1) is 15.2. The first-order valence-electron chi connectivity index (χ1n) is 6.16. The van der Waals surface area contributed by atoms with Crippen molar-refractivity contribution in [1.29, 1.82) is 0 Å². The molecule has 1 N–H and O–H groups in total. The highest BCUT2D eigenvalue weighted by atomic mass is 16.5. The zero-order valence-electron chi connectivity index (χ0n) is 11.5. The lowest BCUT2D eigenvalue weighted by Crippen LogP contribution is -2.21. The summed E-state index contributed by atoms with van der Waals surface area (Å²) in [6.45, 7) is 3.39. The topological polar surface area (TPSA) is 55.8 Å². The molecule has 0 radical (unpaired) electrons. The summed E-state index contributed by atoms with van der Waals surface area (Å²) < 4.78 is 9.92. The summed E-state index contributed by atoms with van der Waals surface area (Å²) in [7, 11) is 1.62. The Morgan fingerprint density at radius 3 is 2.53 bits per heavy atom. The molecule has 0 saturated heterocycles. The normalized spacial score (nSPS) is 14.1. The number of hydrogen-bond donors (Lipinski definition) is 1. The van der Waals surface area contributed by atoms with Gasteiger partial charge in [0.15, 0.2) is 0 Å². The third kappa shape index (κ3) is 5.57. The van der Waals surface area contributed by atoms with Crippen molar-refractivity contribution >= 4 is 12.0 Å². The molecule has 0 bridgehead atoms. The number of hydrogen-bond acceptors (Lipinski definition) is 4. The molecule has 0 unspecified atom stereocenters. The first-order valence-corrected chi connectivity index (χ1v) is 6.16. The summed E-state index contributed by atoms with van der Waals surface area (Å²) >= 11 is 0. The van der Waals surface area contributed by atoms with Crippen LogP contribution in [0, 0.1) is 5.92 Å². The van der Waals surface area contributed by atoms with E-state index in [1.54, 1.807) is 13.2 Å². The standard InChI is InChI=1S/C15H20O4/c1-11(10-19-12(2)16)15(17)9-6-13-4-7-14(18-3)8-5-13/h4-9,11,15,17H,10H2,1-3H3/b9-6+/t11-,15-/m1/s1. The molecule has 19 heavy (non-hydrogen) atoms. The maximum absolute atomic E-state index is 10.7. The third-order valence-electron chi connectivity index (χ3n) is 2.73. The Morgan fingerprint density at radius 2 is 2.00 bits per heavy atom. The van der Waals surface area contributed by atoms with Gasteiger partial charge in [0.1, 0.15) is 5.75 Å². The van der Waals surface area contributed by atoms with E-state index in [1.807, 2.05) is 37.3 Å². The van der Waals surface area contributed by atoms with Crippen LogP contribution in [-0.2, 0) is 9.53 Å². The largest absolute Gasteiger partial charge is 0.497 e. The van der Waals surface area contributed by atoms with Gasteiger partial charge in [-0.05, 0) is 17.7 Å². The first-order chi connectivity index (χ1) is 9.02. The SMILES string of the molecule is COc1ccc(/C=C/[C@@H](O)[C@H](C)COC(C)=O)cc1. The van der Waals surface area contributed by atoms with Crippen molar-refractivity contribution in [3.63, 3.8) is 0 Å². The molecule has 1 aromatic carbocycles. The average molecular weight is 264 g/mol. The monoisotopic (exact) mass is 264 g/mol. The minimum atomic E-state index is -0.651. The minimum absolute atomic E-state index is 0.140. The molecule has 0 aliphatic heterocycles. The summed E-state index contributed by atoms with van der Waals surface area (Å²) in [5.74, 6) is 0.317. The van der Waals surface area contributed by atoms with Gasteiger partial charge in [0, 0.05) is 12.8 Å². The van der Waals surface area contributed by atoms with Gasteiger partial charge in [-0.3, -0.25) is 4.79 Å². The van der Waals surface area contributed by atoms with Crippen LogP contribution in [0.4, 0.5) is 0 Å². The van der Waals surface area contributed by atoms with Crippen LogP contribution in [0.3, 0.4) is 0 Å². The van der Waals surface area contributed by atoms with Crippen LogP contribution in [0.5, 0.6) is 5.75 Å². The smallest absolute Gasteiger partial charge is 0.302 e. The number of carbonyl (C=O) groups is 1. The van der Waals surface area contributed by atoms with Crippen molar-refractivity contribution in [2.75, 3.05) is 13.7 Å². The highest BCUT2D eigenvalue weighted by Crippen LogP contribution is 2.13. The molecule has 104 valence electrons. The average Bonchev–Trinajstić information content (AvgIpc) is 2.42. The van der Waals surface area contributed by atoms with Crippen LogP contribution in [0.15, 0.2) is 30.3 Å². The Balaban J connectivity index is 2.51. The zero-order valence-corrected chi connectivity index (χ0v) is 11.5. The third-order valence-corrected chi connectivity index (χ3v) is 2.73. The number of methoxy groups -OCH3 is 1. The number of aliphatic hydroxyl groups excluding tert-OH is 1. The lowest BCUT2D eigenvalue weighted by Gasteiger charge is -2.14. The Bertz CT molecular complexity index is 422. The van der Waals surface area contributed by atoms with Gasteiger partial charge in [-0.15, -0.1) is 0 Å². The number of ether oxygens (including phenoxy) is 2. The highest BCUT2D eigenvalue weighted by molar-refractivity contribution is 5.65. The molecule has 4 heteroatoms. The second-order valence-corrected chi connectivity index (χ2v) is 4.40. The second-order valence-electron chi connectivity index (χ2n) is 4.40. The Labute approximate surface area is 113 Å². The van der Waals surface area contributed by atoms with Gasteiger partial charge in [-0.25, -0.2) is 0 Å². The minimum Gasteiger partial charge on any atom is -0.497 e. The maximum Gasteiger partial charge on any atom is 0.302 e. The van der Waals surface area contributed by atoms with Gasteiger partial charge in [0.05, 0.1) is 19.8 Å².